The van der Waals surface area contributed by atoms with E-state index in [1.54, 1.807) is 6.07 Å². The quantitative estimate of drug-likeness (QED) is 0.670. The van der Waals surface area contributed by atoms with Crippen LogP contribution in [0.25, 0.3) is 0 Å². The zero-order valence-corrected chi connectivity index (χ0v) is 17.7. The number of rotatable bonds is 8. The molecule has 1 aliphatic rings. The Bertz CT molecular complexity index is 883. The second-order valence-corrected chi connectivity index (χ2v) is 7.66. The van der Waals surface area contributed by atoms with E-state index < -0.39 is 5.91 Å². The number of carbonyl (C=O) groups excluding carboxylic acids is 2. The van der Waals surface area contributed by atoms with Crippen molar-refractivity contribution >= 4 is 23.4 Å². The SMILES string of the molecule is COc1cc(C(=O)NC2CCN(Cc3ccccc3)CC2)cc(Cl)c1OCC(N)=O. The van der Waals surface area contributed by atoms with Crippen molar-refractivity contribution in [2.75, 3.05) is 26.8 Å². The molecule has 2 aromatic carbocycles. The summed E-state index contributed by atoms with van der Waals surface area (Å²) in [5, 5.41) is 3.25. The van der Waals surface area contributed by atoms with Gasteiger partial charge in [-0.1, -0.05) is 41.9 Å². The van der Waals surface area contributed by atoms with Crippen LogP contribution in [0.15, 0.2) is 42.5 Å². The lowest BCUT2D eigenvalue weighted by molar-refractivity contribution is -0.119. The number of nitrogens with two attached hydrogens (primary N) is 1. The summed E-state index contributed by atoms with van der Waals surface area (Å²) in [6.07, 6.45) is 1.76. The third-order valence-electron chi connectivity index (χ3n) is 5.02. The Hall–Kier alpha value is -2.77. The third-order valence-corrected chi connectivity index (χ3v) is 5.30. The highest BCUT2D eigenvalue weighted by Crippen LogP contribution is 2.36. The average molecular weight is 432 g/mol. The minimum atomic E-state index is -0.631. The molecule has 160 valence electrons. The topological polar surface area (TPSA) is 93.9 Å². The summed E-state index contributed by atoms with van der Waals surface area (Å²) in [4.78, 5) is 26.1. The van der Waals surface area contributed by atoms with Crippen molar-refractivity contribution in [1.82, 2.24) is 10.2 Å². The molecule has 0 aromatic heterocycles. The molecule has 0 radical (unpaired) electrons. The highest BCUT2D eigenvalue weighted by atomic mass is 35.5. The zero-order chi connectivity index (χ0) is 21.5. The van der Waals surface area contributed by atoms with Crippen LogP contribution < -0.4 is 20.5 Å². The molecule has 1 heterocycles. The summed E-state index contributed by atoms with van der Waals surface area (Å²) < 4.78 is 10.6. The summed E-state index contributed by atoms with van der Waals surface area (Å²) in [5.74, 6) is -0.401. The number of hydrogen-bond acceptors (Lipinski definition) is 5. The van der Waals surface area contributed by atoms with Crippen LogP contribution in [-0.2, 0) is 11.3 Å². The molecule has 0 saturated carbocycles. The first-order chi connectivity index (χ1) is 14.5. The molecule has 1 saturated heterocycles. The van der Waals surface area contributed by atoms with Crippen molar-refractivity contribution in [3.63, 3.8) is 0 Å². The van der Waals surface area contributed by atoms with Crippen molar-refractivity contribution in [3.8, 4) is 11.5 Å². The summed E-state index contributed by atoms with van der Waals surface area (Å²) in [6, 6.07) is 13.5. The van der Waals surface area contributed by atoms with Gasteiger partial charge >= 0.3 is 0 Å². The van der Waals surface area contributed by atoms with E-state index in [0.29, 0.717) is 5.56 Å². The fourth-order valence-corrected chi connectivity index (χ4v) is 3.75. The van der Waals surface area contributed by atoms with Gasteiger partial charge in [-0.2, -0.15) is 0 Å². The number of primary amides is 1. The Morgan fingerprint density at radius 3 is 2.53 bits per heavy atom. The van der Waals surface area contributed by atoms with Crippen molar-refractivity contribution in [3.05, 3.63) is 58.6 Å². The molecule has 30 heavy (non-hydrogen) atoms. The van der Waals surface area contributed by atoms with Gasteiger partial charge in [-0.15, -0.1) is 0 Å². The van der Waals surface area contributed by atoms with Crippen LogP contribution in [0.5, 0.6) is 11.5 Å². The van der Waals surface area contributed by atoms with E-state index in [1.807, 2.05) is 18.2 Å². The van der Waals surface area contributed by atoms with Crippen LogP contribution in [0.1, 0.15) is 28.8 Å². The van der Waals surface area contributed by atoms with Crippen molar-refractivity contribution < 1.29 is 19.1 Å². The molecule has 0 bridgehead atoms. The molecule has 2 aromatic rings. The second kappa shape index (κ2) is 10.3. The number of ether oxygens (including phenoxy) is 2. The number of carbonyl (C=O) groups is 2. The van der Waals surface area contributed by atoms with Gasteiger partial charge in [0.05, 0.1) is 12.1 Å². The molecule has 0 atom stereocenters. The lowest BCUT2D eigenvalue weighted by atomic mass is 10.0. The van der Waals surface area contributed by atoms with Gasteiger partial charge < -0.3 is 20.5 Å². The van der Waals surface area contributed by atoms with E-state index in [-0.39, 0.29) is 35.1 Å². The van der Waals surface area contributed by atoms with Crippen LogP contribution in [0.3, 0.4) is 0 Å². The van der Waals surface area contributed by atoms with Gasteiger partial charge in [-0.3, -0.25) is 14.5 Å². The lowest BCUT2D eigenvalue weighted by Crippen LogP contribution is -2.44. The van der Waals surface area contributed by atoms with Gasteiger partial charge in [0.2, 0.25) is 0 Å². The number of benzene rings is 2. The molecule has 2 amide bonds. The van der Waals surface area contributed by atoms with Gasteiger partial charge in [-0.25, -0.2) is 0 Å². The molecule has 1 fully saturated rings. The molecule has 0 unspecified atom stereocenters. The number of methoxy groups -OCH3 is 1. The lowest BCUT2D eigenvalue weighted by Gasteiger charge is -2.32. The van der Waals surface area contributed by atoms with Crippen molar-refractivity contribution in [2.45, 2.75) is 25.4 Å². The molecule has 3 rings (SSSR count). The van der Waals surface area contributed by atoms with Gasteiger partial charge in [-0.05, 0) is 30.5 Å². The van der Waals surface area contributed by atoms with Gasteiger partial charge in [0.25, 0.3) is 11.8 Å². The van der Waals surface area contributed by atoms with Gasteiger partial charge in [0, 0.05) is 31.2 Å². The Morgan fingerprint density at radius 2 is 1.90 bits per heavy atom. The van der Waals surface area contributed by atoms with Crippen LogP contribution in [0, 0.1) is 0 Å². The maximum Gasteiger partial charge on any atom is 0.255 e. The minimum absolute atomic E-state index is 0.0973. The molecule has 3 N–H and O–H groups in total. The van der Waals surface area contributed by atoms with Crippen molar-refractivity contribution in [1.29, 1.82) is 0 Å². The maximum atomic E-state index is 12.7. The third kappa shape index (κ3) is 5.87. The van der Waals surface area contributed by atoms with Crippen LogP contribution in [0.4, 0.5) is 0 Å². The Balaban J connectivity index is 1.57. The number of likely N-dealkylation sites (tertiary alicyclic amines) is 1. The van der Waals surface area contributed by atoms with Crippen LogP contribution in [-0.4, -0.2) is 49.6 Å². The normalized spacial score (nSPS) is 14.9. The molecule has 0 aliphatic carbocycles. The monoisotopic (exact) mass is 431 g/mol. The van der Waals surface area contributed by atoms with Gasteiger partial charge in [0.1, 0.15) is 0 Å². The first kappa shape index (κ1) is 21.9. The molecular weight excluding hydrogens is 406 g/mol. The Labute approximate surface area is 181 Å². The first-order valence-electron chi connectivity index (χ1n) is 9.82. The number of amides is 2. The zero-order valence-electron chi connectivity index (χ0n) is 16.9. The Morgan fingerprint density at radius 1 is 1.20 bits per heavy atom. The molecule has 0 spiro atoms. The summed E-state index contributed by atoms with van der Waals surface area (Å²) in [6.45, 7) is 2.43. The number of piperidine rings is 1. The fraction of sp³-hybridized carbons (Fsp3) is 0.364. The van der Waals surface area contributed by atoms with E-state index in [2.05, 4.69) is 22.3 Å². The predicted molar refractivity (Wildman–Crippen MR) is 115 cm³/mol. The highest BCUT2D eigenvalue weighted by Gasteiger charge is 2.23. The van der Waals surface area contributed by atoms with E-state index in [4.69, 9.17) is 26.8 Å². The second-order valence-electron chi connectivity index (χ2n) is 7.25. The number of nitrogens with zero attached hydrogens (tertiary/aromatic N) is 1. The molecular formula is C22H26ClN3O4. The van der Waals surface area contributed by atoms with Crippen LogP contribution >= 0.6 is 11.6 Å². The summed E-state index contributed by atoms with van der Waals surface area (Å²) >= 11 is 6.24. The summed E-state index contributed by atoms with van der Waals surface area (Å²) in [7, 11) is 1.44. The molecule has 1 aliphatic heterocycles. The fourth-order valence-electron chi connectivity index (χ4n) is 3.48. The molecule has 7 nitrogen and oxygen atoms in total. The molecule has 8 heteroatoms. The van der Waals surface area contributed by atoms with E-state index in [9.17, 15) is 9.59 Å². The minimum Gasteiger partial charge on any atom is -0.493 e. The number of hydrogen-bond donors (Lipinski definition) is 2. The van der Waals surface area contributed by atoms with Gasteiger partial charge in [0.15, 0.2) is 18.1 Å². The van der Waals surface area contributed by atoms with Crippen molar-refractivity contribution in [2.24, 2.45) is 5.73 Å². The smallest absolute Gasteiger partial charge is 0.255 e. The van der Waals surface area contributed by atoms with E-state index in [1.165, 1.54) is 18.7 Å². The number of halogens is 1. The average Bonchev–Trinajstić information content (AvgIpc) is 2.74. The van der Waals surface area contributed by atoms with E-state index in [0.717, 1.165) is 32.5 Å². The first-order valence-corrected chi connectivity index (χ1v) is 10.2. The maximum absolute atomic E-state index is 12.7. The standard InChI is InChI=1S/C22H26ClN3O4/c1-29-19-12-16(11-18(23)21(19)30-14-20(24)27)22(28)25-17-7-9-26(10-8-17)13-15-5-3-2-4-6-15/h2-6,11-12,17H,7-10,13-14H2,1H3,(H2,24,27)(H,25,28). The Kier molecular flexibility index (Phi) is 7.54. The summed E-state index contributed by atoms with van der Waals surface area (Å²) in [5.41, 5.74) is 6.76. The van der Waals surface area contributed by atoms with Crippen LogP contribution in [0.2, 0.25) is 5.02 Å². The predicted octanol–water partition coefficient (Wildman–Crippen LogP) is 2.61. The highest BCUT2D eigenvalue weighted by molar-refractivity contribution is 6.32. The number of nitrogens with one attached hydrogen (secondary N) is 1. The van der Waals surface area contributed by atoms with E-state index >= 15 is 0 Å². The largest absolute Gasteiger partial charge is 0.493 e.